The van der Waals surface area contributed by atoms with Crippen LogP contribution in [0, 0.1) is 11.8 Å². The molecule has 0 radical (unpaired) electrons. The number of carbonyl (C=O) groups is 1. The number of aldehydes is 1. The molecule has 0 heterocycles. The van der Waals surface area contributed by atoms with Crippen molar-refractivity contribution in [3.8, 4) is 0 Å². The fourth-order valence-electron chi connectivity index (χ4n) is 0.688. The van der Waals surface area contributed by atoms with Crippen LogP contribution in [0.3, 0.4) is 0 Å². The fraction of sp³-hybridized carbons (Fsp3) is 0.857. The molecule has 0 bridgehead atoms. The average Bonchev–Trinajstić information content (AvgIpc) is 1.84. The molecule has 0 aromatic heterocycles. The lowest BCUT2D eigenvalue weighted by Crippen LogP contribution is -2.24. The van der Waals surface area contributed by atoms with E-state index in [1.807, 2.05) is 13.8 Å². The van der Waals surface area contributed by atoms with E-state index in [9.17, 15) is 4.79 Å². The first kappa shape index (κ1) is 8.63. The van der Waals surface area contributed by atoms with Gasteiger partial charge in [0.15, 0.2) is 0 Å². The molecule has 54 valence electrons. The van der Waals surface area contributed by atoms with Gasteiger partial charge in [-0.15, -0.1) is 0 Å². The van der Waals surface area contributed by atoms with E-state index in [4.69, 9.17) is 5.11 Å². The maximum absolute atomic E-state index is 10.1. The minimum atomic E-state index is -0.484. The number of hydrogen-bond donors (Lipinski definition) is 1. The van der Waals surface area contributed by atoms with E-state index in [0.717, 1.165) is 6.29 Å². The number of aliphatic hydroxyl groups excluding tert-OH is 1. The van der Waals surface area contributed by atoms with Crippen LogP contribution in [0.25, 0.3) is 0 Å². The molecule has 0 aromatic rings. The molecule has 0 aliphatic carbocycles. The van der Waals surface area contributed by atoms with Crippen LogP contribution in [0.4, 0.5) is 0 Å². The zero-order chi connectivity index (χ0) is 7.44. The normalized spacial score (nSPS) is 17.4. The lowest BCUT2D eigenvalue weighted by Gasteiger charge is -2.16. The van der Waals surface area contributed by atoms with Crippen molar-refractivity contribution in [3.63, 3.8) is 0 Å². The van der Waals surface area contributed by atoms with Crippen molar-refractivity contribution < 1.29 is 9.90 Å². The summed E-state index contributed by atoms with van der Waals surface area (Å²) in [6.07, 6.45) is 0.299. The molecule has 2 heteroatoms. The number of rotatable bonds is 3. The van der Waals surface area contributed by atoms with Gasteiger partial charge in [-0.1, -0.05) is 20.8 Å². The second-order valence-electron chi connectivity index (χ2n) is 2.73. The van der Waals surface area contributed by atoms with Gasteiger partial charge in [0, 0.05) is 5.92 Å². The van der Waals surface area contributed by atoms with Gasteiger partial charge in [-0.05, 0) is 5.92 Å². The molecule has 0 aromatic carbocycles. The molecule has 2 atom stereocenters. The molecule has 0 aliphatic heterocycles. The quantitative estimate of drug-likeness (QED) is 0.575. The van der Waals surface area contributed by atoms with Gasteiger partial charge in [-0.3, -0.25) is 0 Å². The van der Waals surface area contributed by atoms with E-state index >= 15 is 0 Å². The minimum Gasteiger partial charge on any atom is -0.392 e. The van der Waals surface area contributed by atoms with Crippen LogP contribution >= 0.6 is 0 Å². The molecule has 0 saturated heterocycles. The largest absolute Gasteiger partial charge is 0.392 e. The van der Waals surface area contributed by atoms with Gasteiger partial charge in [-0.2, -0.15) is 0 Å². The zero-order valence-corrected chi connectivity index (χ0v) is 6.16. The molecular weight excluding hydrogens is 116 g/mol. The number of carbonyl (C=O) groups excluding carboxylic acids is 1. The highest BCUT2D eigenvalue weighted by atomic mass is 16.3. The summed E-state index contributed by atoms with van der Waals surface area (Å²) >= 11 is 0. The third-order valence-electron chi connectivity index (χ3n) is 1.44. The zero-order valence-electron chi connectivity index (χ0n) is 6.16. The maximum Gasteiger partial charge on any atom is 0.125 e. The number of aliphatic hydroxyl groups is 1. The molecule has 1 N–H and O–H groups in total. The Morgan fingerprint density at radius 1 is 1.33 bits per heavy atom. The van der Waals surface area contributed by atoms with E-state index in [2.05, 4.69) is 0 Å². The summed E-state index contributed by atoms with van der Waals surface area (Å²) in [6.45, 7) is 5.51. The van der Waals surface area contributed by atoms with Crippen molar-refractivity contribution in [3.05, 3.63) is 0 Å². The third-order valence-corrected chi connectivity index (χ3v) is 1.44. The van der Waals surface area contributed by atoms with Gasteiger partial charge in [0.25, 0.3) is 0 Å². The van der Waals surface area contributed by atoms with Crippen LogP contribution in [0.2, 0.25) is 0 Å². The van der Waals surface area contributed by atoms with Crippen molar-refractivity contribution in [2.45, 2.75) is 26.9 Å². The van der Waals surface area contributed by atoms with Gasteiger partial charge in [-0.25, -0.2) is 0 Å². The summed E-state index contributed by atoms with van der Waals surface area (Å²) < 4.78 is 0. The summed E-state index contributed by atoms with van der Waals surface area (Å²) in [6, 6.07) is 0. The van der Waals surface area contributed by atoms with Crippen molar-refractivity contribution in [2.24, 2.45) is 11.8 Å². The van der Waals surface area contributed by atoms with Gasteiger partial charge >= 0.3 is 0 Å². The monoisotopic (exact) mass is 130 g/mol. The molecule has 0 rings (SSSR count). The maximum atomic E-state index is 10.1. The van der Waals surface area contributed by atoms with Crippen LogP contribution in [0.5, 0.6) is 0 Å². The summed E-state index contributed by atoms with van der Waals surface area (Å²) in [7, 11) is 0. The first-order valence-corrected chi connectivity index (χ1v) is 3.23. The first-order valence-electron chi connectivity index (χ1n) is 3.23. The smallest absolute Gasteiger partial charge is 0.125 e. The summed E-state index contributed by atoms with van der Waals surface area (Å²) in [4.78, 5) is 10.1. The molecule has 0 amide bonds. The van der Waals surface area contributed by atoms with Crippen molar-refractivity contribution in [2.75, 3.05) is 0 Å². The van der Waals surface area contributed by atoms with Gasteiger partial charge < -0.3 is 9.90 Å². The Bertz CT molecular complexity index is 88.9. The Morgan fingerprint density at radius 2 is 1.78 bits per heavy atom. The van der Waals surface area contributed by atoms with E-state index in [1.165, 1.54) is 0 Å². The topological polar surface area (TPSA) is 37.3 Å². The standard InChI is InChI=1S/C7H14O2/c1-5(2)7(9)6(3)4-8/h4-7,9H,1-3H3/t6-,7?/m0/s1. The minimum absolute atomic E-state index is 0.171. The first-order chi connectivity index (χ1) is 4.09. The predicted molar refractivity (Wildman–Crippen MR) is 36.1 cm³/mol. The number of hydrogen-bond acceptors (Lipinski definition) is 2. The summed E-state index contributed by atoms with van der Waals surface area (Å²) in [5.41, 5.74) is 0. The van der Waals surface area contributed by atoms with Crippen LogP contribution in [0.15, 0.2) is 0 Å². The average molecular weight is 130 g/mol. The Morgan fingerprint density at radius 3 is 1.89 bits per heavy atom. The van der Waals surface area contributed by atoms with E-state index in [0.29, 0.717) is 0 Å². The molecular formula is C7H14O2. The lowest BCUT2D eigenvalue weighted by atomic mass is 9.96. The molecule has 0 aliphatic rings. The second-order valence-corrected chi connectivity index (χ2v) is 2.73. The van der Waals surface area contributed by atoms with Crippen LogP contribution in [0.1, 0.15) is 20.8 Å². The molecule has 0 fully saturated rings. The fourth-order valence-corrected chi connectivity index (χ4v) is 0.688. The summed E-state index contributed by atoms with van der Waals surface area (Å²) in [5, 5.41) is 9.16. The lowest BCUT2D eigenvalue weighted by molar-refractivity contribution is -0.114. The van der Waals surface area contributed by atoms with Crippen molar-refractivity contribution in [1.29, 1.82) is 0 Å². The molecule has 2 nitrogen and oxygen atoms in total. The highest BCUT2D eigenvalue weighted by molar-refractivity contribution is 5.53. The van der Waals surface area contributed by atoms with Crippen LogP contribution in [-0.2, 0) is 4.79 Å². The van der Waals surface area contributed by atoms with Crippen LogP contribution in [-0.4, -0.2) is 17.5 Å². The highest BCUT2D eigenvalue weighted by Gasteiger charge is 2.15. The predicted octanol–water partition coefficient (Wildman–Crippen LogP) is 0.838. The second kappa shape index (κ2) is 3.62. The highest BCUT2D eigenvalue weighted by Crippen LogP contribution is 2.09. The molecule has 0 spiro atoms. The SMILES string of the molecule is CC(C)C(O)[C@@H](C)C=O. The van der Waals surface area contributed by atoms with E-state index in [1.54, 1.807) is 6.92 Å². The Balaban J connectivity index is 3.71. The molecule has 9 heavy (non-hydrogen) atoms. The van der Waals surface area contributed by atoms with E-state index in [-0.39, 0.29) is 11.8 Å². The Kier molecular flexibility index (Phi) is 3.47. The van der Waals surface area contributed by atoms with Crippen molar-refractivity contribution >= 4 is 6.29 Å². The molecule has 1 unspecified atom stereocenters. The van der Waals surface area contributed by atoms with Gasteiger partial charge in [0.1, 0.15) is 6.29 Å². The molecule has 0 saturated carbocycles. The van der Waals surface area contributed by atoms with Gasteiger partial charge in [0.2, 0.25) is 0 Å². The van der Waals surface area contributed by atoms with Crippen LogP contribution < -0.4 is 0 Å². The summed E-state index contributed by atoms with van der Waals surface area (Å²) in [5.74, 6) is -0.0600. The van der Waals surface area contributed by atoms with Crippen molar-refractivity contribution in [1.82, 2.24) is 0 Å². The van der Waals surface area contributed by atoms with E-state index < -0.39 is 6.10 Å². The third kappa shape index (κ3) is 2.61. The Labute approximate surface area is 55.9 Å². The Hall–Kier alpha value is -0.370. The van der Waals surface area contributed by atoms with Gasteiger partial charge in [0.05, 0.1) is 6.10 Å².